The first-order valence-electron chi connectivity index (χ1n) is 8.02. The van der Waals surface area contributed by atoms with Crippen molar-refractivity contribution in [1.29, 1.82) is 0 Å². The molecule has 27 heavy (non-hydrogen) atoms. The van der Waals surface area contributed by atoms with Gasteiger partial charge in [-0.05, 0) is 42.8 Å². The van der Waals surface area contributed by atoms with Gasteiger partial charge in [-0.25, -0.2) is 4.39 Å². The fourth-order valence-corrected chi connectivity index (χ4v) is 2.55. The van der Waals surface area contributed by atoms with Crippen LogP contribution in [0.15, 0.2) is 60.9 Å². The molecule has 3 rings (SSSR count). The maximum atomic E-state index is 13.2. The molecule has 0 aliphatic carbocycles. The summed E-state index contributed by atoms with van der Waals surface area (Å²) >= 11 is 5.71. The van der Waals surface area contributed by atoms with E-state index in [0.717, 1.165) is 11.6 Å². The lowest BCUT2D eigenvalue weighted by atomic mass is 10.1. The Morgan fingerprint density at radius 1 is 0.963 bits per heavy atom. The number of carbonyl (C=O) groups is 2. The van der Waals surface area contributed by atoms with E-state index in [9.17, 15) is 14.0 Å². The Kier molecular flexibility index (Phi) is 5.47. The molecule has 136 valence electrons. The van der Waals surface area contributed by atoms with Crippen molar-refractivity contribution in [2.75, 3.05) is 10.6 Å². The molecule has 0 unspecified atom stereocenters. The highest BCUT2D eigenvalue weighted by molar-refractivity contribution is 6.31. The number of pyridine rings is 1. The Morgan fingerprint density at radius 2 is 1.63 bits per heavy atom. The number of hydrogen-bond acceptors (Lipinski definition) is 3. The number of hydrogen-bond donors (Lipinski definition) is 2. The monoisotopic (exact) mass is 383 g/mol. The summed E-state index contributed by atoms with van der Waals surface area (Å²) in [6.45, 7) is 1.88. The van der Waals surface area contributed by atoms with E-state index >= 15 is 0 Å². The van der Waals surface area contributed by atoms with Crippen LogP contribution in [-0.2, 0) is 0 Å². The van der Waals surface area contributed by atoms with Crippen LogP contribution in [0.4, 0.5) is 15.8 Å². The summed E-state index contributed by atoms with van der Waals surface area (Å²) in [6.07, 6.45) is 2.71. The molecule has 2 N–H and O–H groups in total. The van der Waals surface area contributed by atoms with E-state index in [-0.39, 0.29) is 22.1 Å². The third kappa shape index (κ3) is 4.48. The molecule has 1 aromatic heterocycles. The Bertz CT molecular complexity index is 1020. The molecule has 0 atom stereocenters. The van der Waals surface area contributed by atoms with Gasteiger partial charge in [0.05, 0.1) is 16.1 Å². The number of para-hydroxylation sites is 1. The van der Waals surface area contributed by atoms with Crippen molar-refractivity contribution in [3.8, 4) is 0 Å². The minimum atomic E-state index is -0.578. The predicted molar refractivity (Wildman–Crippen MR) is 103 cm³/mol. The number of benzene rings is 2. The Balaban J connectivity index is 1.76. The molecule has 1 heterocycles. The number of aryl methyl sites for hydroxylation is 1. The molecule has 2 aromatic carbocycles. The van der Waals surface area contributed by atoms with Gasteiger partial charge in [0, 0.05) is 23.8 Å². The van der Waals surface area contributed by atoms with Crippen molar-refractivity contribution < 1.29 is 14.0 Å². The average Bonchev–Trinajstić information content (AvgIpc) is 2.66. The highest BCUT2D eigenvalue weighted by Gasteiger charge is 2.13. The standard InChI is InChI=1S/C20H15ClFN3O2/c1-12-4-2-3-5-18(12)25-20(27)14-8-13(10-23-11-14)19(26)24-15-6-7-17(22)16(21)9-15/h2-11H,1H3,(H,24,26)(H,25,27). The van der Waals surface area contributed by atoms with E-state index in [4.69, 9.17) is 11.6 Å². The second-order valence-corrected chi connectivity index (χ2v) is 6.22. The topological polar surface area (TPSA) is 71.1 Å². The van der Waals surface area contributed by atoms with Crippen LogP contribution in [0, 0.1) is 12.7 Å². The Morgan fingerprint density at radius 3 is 2.30 bits per heavy atom. The van der Waals surface area contributed by atoms with Crippen molar-refractivity contribution >= 4 is 34.8 Å². The van der Waals surface area contributed by atoms with E-state index in [1.54, 1.807) is 6.07 Å². The lowest BCUT2D eigenvalue weighted by molar-refractivity contribution is 0.102. The summed E-state index contributed by atoms with van der Waals surface area (Å²) in [7, 11) is 0. The van der Waals surface area contributed by atoms with Crippen LogP contribution in [0.2, 0.25) is 5.02 Å². The van der Waals surface area contributed by atoms with Gasteiger partial charge in [-0.15, -0.1) is 0 Å². The predicted octanol–water partition coefficient (Wildman–Crippen LogP) is 4.69. The summed E-state index contributed by atoms with van der Waals surface area (Å²) in [5.74, 6) is -1.45. The van der Waals surface area contributed by atoms with Crippen LogP contribution in [0.25, 0.3) is 0 Å². The maximum Gasteiger partial charge on any atom is 0.257 e. The molecule has 0 radical (unpaired) electrons. The minimum Gasteiger partial charge on any atom is -0.322 e. The smallest absolute Gasteiger partial charge is 0.257 e. The van der Waals surface area contributed by atoms with Gasteiger partial charge in [0.1, 0.15) is 5.82 Å². The second kappa shape index (κ2) is 7.97. The fraction of sp³-hybridized carbons (Fsp3) is 0.0500. The quantitative estimate of drug-likeness (QED) is 0.686. The van der Waals surface area contributed by atoms with Gasteiger partial charge in [-0.1, -0.05) is 29.8 Å². The van der Waals surface area contributed by atoms with Crippen molar-refractivity contribution in [1.82, 2.24) is 4.98 Å². The van der Waals surface area contributed by atoms with Crippen molar-refractivity contribution in [3.63, 3.8) is 0 Å². The number of amides is 2. The highest BCUT2D eigenvalue weighted by Crippen LogP contribution is 2.20. The second-order valence-electron chi connectivity index (χ2n) is 5.81. The molecule has 0 bridgehead atoms. The number of carbonyl (C=O) groups excluding carboxylic acids is 2. The first kappa shape index (κ1) is 18.5. The fourth-order valence-electron chi connectivity index (χ4n) is 2.37. The van der Waals surface area contributed by atoms with Crippen LogP contribution in [-0.4, -0.2) is 16.8 Å². The zero-order valence-electron chi connectivity index (χ0n) is 14.3. The molecule has 0 aliphatic rings. The number of anilines is 2. The zero-order chi connectivity index (χ0) is 19.4. The van der Waals surface area contributed by atoms with Gasteiger partial charge in [-0.3, -0.25) is 14.6 Å². The number of nitrogens with one attached hydrogen (secondary N) is 2. The first-order chi connectivity index (χ1) is 12.9. The van der Waals surface area contributed by atoms with E-state index in [2.05, 4.69) is 15.6 Å². The summed E-state index contributed by atoms with van der Waals surface area (Å²) in [6, 6.07) is 12.6. The van der Waals surface area contributed by atoms with Gasteiger partial charge in [0.2, 0.25) is 0 Å². The molecule has 0 saturated carbocycles. The SMILES string of the molecule is Cc1ccccc1NC(=O)c1cncc(C(=O)Nc2ccc(F)c(Cl)c2)c1. The summed E-state index contributed by atoms with van der Waals surface area (Å²) in [5.41, 5.74) is 2.36. The Hall–Kier alpha value is -3.25. The minimum absolute atomic E-state index is 0.0997. The number of aromatic nitrogens is 1. The van der Waals surface area contributed by atoms with Gasteiger partial charge < -0.3 is 10.6 Å². The van der Waals surface area contributed by atoms with E-state index in [1.807, 2.05) is 25.1 Å². The molecule has 3 aromatic rings. The summed E-state index contributed by atoms with van der Waals surface area (Å²) in [5, 5.41) is 5.28. The first-order valence-corrected chi connectivity index (χ1v) is 8.40. The van der Waals surface area contributed by atoms with Crippen molar-refractivity contribution in [2.24, 2.45) is 0 Å². The molecular formula is C20H15ClFN3O2. The van der Waals surface area contributed by atoms with Gasteiger partial charge in [0.25, 0.3) is 11.8 Å². The van der Waals surface area contributed by atoms with E-state index in [0.29, 0.717) is 11.4 Å². The summed E-state index contributed by atoms with van der Waals surface area (Å²) in [4.78, 5) is 28.8. The van der Waals surface area contributed by atoms with Crippen molar-refractivity contribution in [2.45, 2.75) is 6.92 Å². The Labute approximate surface area is 160 Å². The third-order valence-corrected chi connectivity index (χ3v) is 4.12. The molecular weight excluding hydrogens is 369 g/mol. The van der Waals surface area contributed by atoms with Crippen LogP contribution in [0.3, 0.4) is 0 Å². The number of rotatable bonds is 4. The van der Waals surface area contributed by atoms with E-state index in [1.165, 1.54) is 30.6 Å². The molecule has 0 fully saturated rings. The zero-order valence-corrected chi connectivity index (χ0v) is 15.0. The molecule has 7 heteroatoms. The lowest BCUT2D eigenvalue weighted by Crippen LogP contribution is -2.16. The average molecular weight is 384 g/mol. The third-order valence-electron chi connectivity index (χ3n) is 3.83. The van der Waals surface area contributed by atoms with Crippen LogP contribution >= 0.6 is 11.6 Å². The number of nitrogens with zero attached hydrogens (tertiary/aromatic N) is 1. The van der Waals surface area contributed by atoms with Crippen LogP contribution in [0.1, 0.15) is 26.3 Å². The van der Waals surface area contributed by atoms with Crippen LogP contribution < -0.4 is 10.6 Å². The van der Waals surface area contributed by atoms with Crippen molar-refractivity contribution in [3.05, 3.63) is 88.5 Å². The normalized spacial score (nSPS) is 10.3. The van der Waals surface area contributed by atoms with Gasteiger partial charge >= 0.3 is 0 Å². The largest absolute Gasteiger partial charge is 0.322 e. The number of halogens is 2. The lowest BCUT2D eigenvalue weighted by Gasteiger charge is -2.09. The molecule has 2 amide bonds. The maximum absolute atomic E-state index is 13.2. The molecule has 0 aliphatic heterocycles. The molecule has 0 spiro atoms. The molecule has 5 nitrogen and oxygen atoms in total. The van der Waals surface area contributed by atoms with Gasteiger partial charge in [0.15, 0.2) is 0 Å². The molecule has 0 saturated heterocycles. The van der Waals surface area contributed by atoms with Gasteiger partial charge in [-0.2, -0.15) is 0 Å². The van der Waals surface area contributed by atoms with E-state index < -0.39 is 11.7 Å². The highest BCUT2D eigenvalue weighted by atomic mass is 35.5. The van der Waals surface area contributed by atoms with Crippen LogP contribution in [0.5, 0.6) is 0 Å². The summed E-state index contributed by atoms with van der Waals surface area (Å²) < 4.78 is 13.2.